The van der Waals surface area contributed by atoms with E-state index >= 15 is 0 Å². The average Bonchev–Trinajstić information content (AvgIpc) is 3.29. The van der Waals surface area contributed by atoms with Gasteiger partial charge in [-0.3, -0.25) is 14.4 Å². The summed E-state index contributed by atoms with van der Waals surface area (Å²) in [5.74, 6) is -0.614. The fourth-order valence-corrected chi connectivity index (χ4v) is 3.72. The van der Waals surface area contributed by atoms with Gasteiger partial charge in [-0.05, 0) is 50.1 Å². The Labute approximate surface area is 183 Å². The number of furan rings is 1. The van der Waals surface area contributed by atoms with Gasteiger partial charge in [-0.15, -0.1) is 0 Å². The number of hydrogen-bond acceptors (Lipinski definition) is 5. The highest BCUT2D eigenvalue weighted by Crippen LogP contribution is 2.16. The smallest absolute Gasteiger partial charge is 0.276 e. The molecule has 1 saturated heterocycles. The van der Waals surface area contributed by atoms with Crippen LogP contribution in [0.4, 0.5) is 0 Å². The van der Waals surface area contributed by atoms with Crippen LogP contribution in [0.1, 0.15) is 39.4 Å². The van der Waals surface area contributed by atoms with Gasteiger partial charge in [-0.25, -0.2) is 4.68 Å². The van der Waals surface area contributed by atoms with E-state index in [-0.39, 0.29) is 17.6 Å². The Morgan fingerprint density at radius 3 is 2.52 bits per heavy atom. The Bertz CT molecular complexity index is 1150. The maximum atomic E-state index is 12.8. The Balaban J connectivity index is 1.44. The molecule has 160 valence electrons. The second-order valence-electron chi connectivity index (χ2n) is 7.44. The highest BCUT2D eigenvalue weighted by atomic mass is 35.5. The molecule has 1 N–H and O–H groups in total. The minimum Gasteiger partial charge on any atom is -0.472 e. The Kier molecular flexibility index (Phi) is 5.90. The zero-order valence-corrected chi connectivity index (χ0v) is 17.6. The number of likely N-dealkylation sites (tertiary alicyclic amines) is 1. The van der Waals surface area contributed by atoms with Gasteiger partial charge in [0.15, 0.2) is 5.69 Å². The summed E-state index contributed by atoms with van der Waals surface area (Å²) in [5, 5.41) is 7.75. The van der Waals surface area contributed by atoms with Gasteiger partial charge >= 0.3 is 0 Å². The van der Waals surface area contributed by atoms with Crippen molar-refractivity contribution in [2.75, 3.05) is 13.1 Å². The molecule has 0 aliphatic carbocycles. The molecule has 1 aliphatic rings. The third-order valence-corrected chi connectivity index (χ3v) is 5.53. The molecule has 3 aromatic rings. The maximum Gasteiger partial charge on any atom is 0.276 e. The molecular weight excluding hydrogens is 420 g/mol. The molecule has 9 heteroatoms. The highest BCUT2D eigenvalue weighted by Gasteiger charge is 2.26. The number of nitrogens with zero attached hydrogens (tertiary/aromatic N) is 3. The van der Waals surface area contributed by atoms with E-state index in [0.29, 0.717) is 47.9 Å². The lowest BCUT2D eigenvalue weighted by Gasteiger charge is -2.32. The molecule has 0 unspecified atom stereocenters. The fraction of sp³-hybridized carbons (Fsp3) is 0.273. The monoisotopic (exact) mass is 440 g/mol. The minimum absolute atomic E-state index is 0.0930. The van der Waals surface area contributed by atoms with Gasteiger partial charge in [-0.1, -0.05) is 11.6 Å². The number of piperidine rings is 1. The number of nitrogens with one attached hydrogen (secondary N) is 1. The summed E-state index contributed by atoms with van der Waals surface area (Å²) in [7, 11) is 0. The van der Waals surface area contributed by atoms with E-state index in [1.54, 1.807) is 46.8 Å². The number of amides is 2. The molecule has 0 saturated carbocycles. The predicted molar refractivity (Wildman–Crippen MR) is 115 cm³/mol. The van der Waals surface area contributed by atoms with E-state index in [4.69, 9.17) is 16.0 Å². The van der Waals surface area contributed by atoms with Gasteiger partial charge in [0.1, 0.15) is 6.26 Å². The largest absolute Gasteiger partial charge is 0.472 e. The number of halogens is 1. The van der Waals surface area contributed by atoms with Crippen molar-refractivity contribution in [3.8, 4) is 5.69 Å². The first kappa shape index (κ1) is 20.9. The molecule has 0 radical (unpaired) electrons. The van der Waals surface area contributed by atoms with Crippen molar-refractivity contribution in [2.24, 2.45) is 0 Å². The molecule has 2 amide bonds. The Hall–Kier alpha value is -3.39. The van der Waals surface area contributed by atoms with Crippen molar-refractivity contribution in [3.63, 3.8) is 0 Å². The lowest BCUT2D eigenvalue weighted by Crippen LogP contribution is -2.47. The van der Waals surface area contributed by atoms with Crippen LogP contribution in [0.5, 0.6) is 0 Å². The molecule has 3 heterocycles. The van der Waals surface area contributed by atoms with E-state index < -0.39 is 11.3 Å². The van der Waals surface area contributed by atoms with Crippen LogP contribution < -0.4 is 10.7 Å². The number of carbonyl (C=O) groups is 2. The Morgan fingerprint density at radius 1 is 1.16 bits per heavy atom. The zero-order chi connectivity index (χ0) is 22.0. The molecule has 8 nitrogen and oxygen atoms in total. The first-order valence-corrected chi connectivity index (χ1v) is 10.3. The molecule has 2 aromatic heterocycles. The normalized spacial score (nSPS) is 14.5. The van der Waals surface area contributed by atoms with Gasteiger partial charge in [0, 0.05) is 35.9 Å². The SMILES string of the molecule is Cc1cc(=O)c(C(=O)NC2CCN(C(=O)c3ccoc3)CC2)nn1-c1ccc(Cl)cc1. The number of aromatic nitrogens is 2. The van der Waals surface area contributed by atoms with Crippen LogP contribution in [0, 0.1) is 6.92 Å². The third kappa shape index (κ3) is 4.54. The predicted octanol–water partition coefficient (Wildman–Crippen LogP) is 2.82. The quantitative estimate of drug-likeness (QED) is 0.672. The fourth-order valence-electron chi connectivity index (χ4n) is 3.60. The second-order valence-corrected chi connectivity index (χ2v) is 7.88. The van der Waals surface area contributed by atoms with Gasteiger partial charge in [0.25, 0.3) is 11.8 Å². The van der Waals surface area contributed by atoms with Crippen molar-refractivity contribution in [3.05, 3.63) is 81.1 Å². The minimum atomic E-state index is -0.521. The summed E-state index contributed by atoms with van der Waals surface area (Å²) in [6.07, 6.45) is 4.07. The lowest BCUT2D eigenvalue weighted by atomic mass is 10.0. The molecule has 4 rings (SSSR count). The van der Waals surface area contributed by atoms with E-state index in [1.807, 2.05) is 0 Å². The lowest BCUT2D eigenvalue weighted by molar-refractivity contribution is 0.0697. The first-order chi connectivity index (χ1) is 14.9. The van der Waals surface area contributed by atoms with Gasteiger partial charge in [0.05, 0.1) is 17.5 Å². The van der Waals surface area contributed by atoms with Crippen molar-refractivity contribution in [1.29, 1.82) is 0 Å². The molecule has 1 aliphatic heterocycles. The number of hydrogen-bond donors (Lipinski definition) is 1. The summed E-state index contributed by atoms with van der Waals surface area (Å²) in [4.78, 5) is 39.3. The van der Waals surface area contributed by atoms with Crippen LogP contribution >= 0.6 is 11.6 Å². The molecule has 0 bridgehead atoms. The van der Waals surface area contributed by atoms with Crippen LogP contribution in [0.15, 0.2) is 58.1 Å². The average molecular weight is 441 g/mol. The first-order valence-electron chi connectivity index (χ1n) is 9.91. The van der Waals surface area contributed by atoms with Gasteiger partial charge in [0.2, 0.25) is 5.43 Å². The highest BCUT2D eigenvalue weighted by molar-refractivity contribution is 6.30. The molecule has 1 aromatic carbocycles. The Morgan fingerprint density at radius 2 is 1.87 bits per heavy atom. The molecule has 31 heavy (non-hydrogen) atoms. The van der Waals surface area contributed by atoms with Crippen molar-refractivity contribution >= 4 is 23.4 Å². The van der Waals surface area contributed by atoms with Crippen molar-refractivity contribution < 1.29 is 14.0 Å². The van der Waals surface area contributed by atoms with E-state index in [2.05, 4.69) is 10.4 Å². The molecular formula is C22H21ClN4O4. The van der Waals surface area contributed by atoms with Crippen LogP contribution in [0.25, 0.3) is 5.69 Å². The van der Waals surface area contributed by atoms with Gasteiger partial charge < -0.3 is 14.6 Å². The summed E-state index contributed by atoms with van der Waals surface area (Å²) in [6, 6.07) is 9.84. The van der Waals surface area contributed by atoms with E-state index in [0.717, 1.165) is 0 Å². The number of rotatable bonds is 4. The number of benzene rings is 1. The van der Waals surface area contributed by atoms with Crippen LogP contribution in [0.2, 0.25) is 5.02 Å². The standard InChI is InChI=1S/C22H21ClN4O4/c1-14-12-19(28)20(25-27(14)18-4-2-16(23)3-5-18)21(29)24-17-6-9-26(10-7-17)22(30)15-8-11-31-13-15/h2-5,8,11-13,17H,6-7,9-10H2,1H3,(H,24,29). The van der Waals surface area contributed by atoms with Crippen molar-refractivity contribution in [1.82, 2.24) is 20.0 Å². The van der Waals surface area contributed by atoms with Crippen molar-refractivity contribution in [2.45, 2.75) is 25.8 Å². The van der Waals surface area contributed by atoms with Crippen LogP contribution in [0.3, 0.4) is 0 Å². The molecule has 0 atom stereocenters. The summed E-state index contributed by atoms with van der Waals surface area (Å²) >= 11 is 5.94. The summed E-state index contributed by atoms with van der Waals surface area (Å²) in [6.45, 7) is 2.76. The zero-order valence-electron chi connectivity index (χ0n) is 16.9. The van der Waals surface area contributed by atoms with E-state index in [9.17, 15) is 14.4 Å². The molecule has 1 fully saturated rings. The second kappa shape index (κ2) is 8.77. The van der Waals surface area contributed by atoms with Crippen LogP contribution in [-0.4, -0.2) is 45.6 Å². The summed E-state index contributed by atoms with van der Waals surface area (Å²) in [5.41, 5.74) is 1.20. The van der Waals surface area contributed by atoms with Gasteiger partial charge in [-0.2, -0.15) is 5.10 Å². The third-order valence-electron chi connectivity index (χ3n) is 5.28. The maximum absolute atomic E-state index is 12.8. The topological polar surface area (TPSA) is 97.4 Å². The number of aryl methyl sites for hydroxylation is 1. The number of carbonyl (C=O) groups excluding carboxylic acids is 2. The summed E-state index contributed by atoms with van der Waals surface area (Å²) < 4.78 is 6.51. The molecule has 0 spiro atoms. The van der Waals surface area contributed by atoms with Crippen LogP contribution in [-0.2, 0) is 0 Å². The van der Waals surface area contributed by atoms with E-state index in [1.165, 1.54) is 18.6 Å².